The second-order valence-corrected chi connectivity index (χ2v) is 3.49. The first-order valence-corrected chi connectivity index (χ1v) is 5.66. The van der Waals surface area contributed by atoms with Gasteiger partial charge in [-0.2, -0.15) is 0 Å². The van der Waals surface area contributed by atoms with Gasteiger partial charge in [0.1, 0.15) is 0 Å². The molecule has 1 saturated heterocycles. The molecule has 92 valence electrons. The van der Waals surface area contributed by atoms with Crippen LogP contribution in [0.25, 0.3) is 0 Å². The molecule has 2 heteroatoms. The maximum Gasteiger partial charge on any atom is 0.0740 e. The first-order valence-electron chi connectivity index (χ1n) is 5.66. The van der Waals surface area contributed by atoms with Crippen LogP contribution < -0.4 is 0 Å². The van der Waals surface area contributed by atoms with Crippen molar-refractivity contribution < 1.29 is 4.74 Å². The Bertz CT molecular complexity index is 168. The van der Waals surface area contributed by atoms with Crippen LogP contribution in [-0.2, 0) is 4.74 Å². The van der Waals surface area contributed by atoms with E-state index in [0.29, 0.717) is 6.04 Å². The van der Waals surface area contributed by atoms with Crippen molar-refractivity contribution >= 4 is 0 Å². The molecular weight excluding hydrogens is 186 g/mol. The third-order valence-corrected chi connectivity index (χ3v) is 2.55. The molecule has 1 aliphatic rings. The van der Waals surface area contributed by atoms with Crippen molar-refractivity contribution in [2.24, 2.45) is 0 Å². The van der Waals surface area contributed by atoms with E-state index in [1.165, 1.54) is 5.57 Å². The quantitative estimate of drug-likeness (QED) is 0.670. The molecule has 0 bridgehead atoms. The highest BCUT2D eigenvalue weighted by atomic mass is 16.5. The first-order chi connectivity index (χ1) is 6.66. The highest BCUT2D eigenvalue weighted by Crippen LogP contribution is 2.24. The summed E-state index contributed by atoms with van der Waals surface area (Å²) in [4.78, 5) is 2.32. The summed E-state index contributed by atoms with van der Waals surface area (Å²) in [6.07, 6.45) is 1.41. The van der Waals surface area contributed by atoms with E-state index in [1.54, 1.807) is 0 Å². The molecule has 0 spiro atoms. The molecule has 0 N–H and O–H groups in total. The molecule has 1 rings (SSSR count). The summed E-state index contributed by atoms with van der Waals surface area (Å²) in [5.41, 5.74) is 1.32. The van der Waals surface area contributed by atoms with Crippen LogP contribution in [0.5, 0.6) is 0 Å². The Labute approximate surface area is 96.3 Å². The zero-order chi connectivity index (χ0) is 11.1. The molecule has 1 fully saturated rings. The molecule has 2 unspecified atom stereocenters. The minimum atomic E-state index is 0. The molecule has 1 heterocycles. The van der Waals surface area contributed by atoms with Gasteiger partial charge in [-0.1, -0.05) is 33.4 Å². The smallest absolute Gasteiger partial charge is 0.0740 e. The van der Waals surface area contributed by atoms with Gasteiger partial charge in [0.05, 0.1) is 12.1 Å². The lowest BCUT2D eigenvalue weighted by atomic mass is 10.1. The number of hydrogen-bond acceptors (Lipinski definition) is 2. The maximum atomic E-state index is 5.56. The van der Waals surface area contributed by atoms with Crippen LogP contribution in [0.2, 0.25) is 0 Å². The number of likely N-dealkylation sites (N-methyl/N-ethyl adjacent to an activating group) is 1. The van der Waals surface area contributed by atoms with E-state index in [4.69, 9.17) is 4.74 Å². The molecule has 2 atom stereocenters. The van der Waals surface area contributed by atoms with Gasteiger partial charge < -0.3 is 4.74 Å². The van der Waals surface area contributed by atoms with Crippen molar-refractivity contribution in [3.05, 3.63) is 12.2 Å². The van der Waals surface area contributed by atoms with Gasteiger partial charge in [0.25, 0.3) is 0 Å². The normalized spacial score (nSPS) is 22.7. The molecule has 0 saturated carbocycles. The van der Waals surface area contributed by atoms with Crippen LogP contribution in [0.1, 0.15) is 41.5 Å². The molecule has 0 aromatic heterocycles. The lowest BCUT2D eigenvalue weighted by molar-refractivity contribution is 0.0334. The number of hydrogen-bond donors (Lipinski definition) is 0. The minimum absolute atomic E-state index is 0. The van der Waals surface area contributed by atoms with Gasteiger partial charge >= 0.3 is 0 Å². The fraction of sp³-hybridized carbons (Fsp3) is 0.846. The number of likely N-dealkylation sites (tertiary alicyclic amines) is 1. The van der Waals surface area contributed by atoms with Gasteiger partial charge in [0.2, 0.25) is 0 Å². The first kappa shape index (κ1) is 17.1. The molecule has 0 amide bonds. The van der Waals surface area contributed by atoms with Crippen molar-refractivity contribution in [2.75, 3.05) is 20.2 Å². The molecule has 1 aliphatic heterocycles. The lowest BCUT2D eigenvalue weighted by Gasteiger charge is -2.26. The van der Waals surface area contributed by atoms with E-state index < -0.39 is 0 Å². The second kappa shape index (κ2) is 8.93. The van der Waals surface area contributed by atoms with Crippen molar-refractivity contribution in [3.8, 4) is 0 Å². The minimum Gasteiger partial charge on any atom is -0.377 e. The highest BCUT2D eigenvalue weighted by molar-refractivity contribution is 5.13. The van der Waals surface area contributed by atoms with E-state index in [-0.39, 0.29) is 13.5 Å². The number of ether oxygens (including phenoxy) is 1. The predicted molar refractivity (Wildman–Crippen MR) is 69.3 cm³/mol. The van der Waals surface area contributed by atoms with Crippen molar-refractivity contribution in [2.45, 2.75) is 53.7 Å². The molecular formula is C13H29NO. The highest BCUT2D eigenvalue weighted by Gasteiger charge is 2.29. The zero-order valence-corrected chi connectivity index (χ0v) is 10.3. The van der Waals surface area contributed by atoms with Crippen LogP contribution in [-0.4, -0.2) is 37.2 Å². The summed E-state index contributed by atoms with van der Waals surface area (Å²) < 4.78 is 5.56. The van der Waals surface area contributed by atoms with Crippen LogP contribution >= 0.6 is 0 Å². The van der Waals surface area contributed by atoms with Crippen LogP contribution in [0.3, 0.4) is 0 Å². The van der Waals surface area contributed by atoms with Gasteiger partial charge in [-0.05, 0) is 27.3 Å². The van der Waals surface area contributed by atoms with E-state index in [0.717, 1.165) is 19.6 Å². The second-order valence-electron chi connectivity index (χ2n) is 3.49. The maximum absolute atomic E-state index is 5.56. The Morgan fingerprint density at radius 3 is 2.40 bits per heavy atom. The molecule has 0 aromatic rings. The molecule has 15 heavy (non-hydrogen) atoms. The Morgan fingerprint density at radius 1 is 1.53 bits per heavy atom. The molecule has 2 nitrogen and oxygen atoms in total. The topological polar surface area (TPSA) is 12.5 Å². The summed E-state index contributed by atoms with van der Waals surface area (Å²) in [6, 6.07) is 0.435. The average molecular weight is 215 g/mol. The Hall–Kier alpha value is -0.340. The third-order valence-electron chi connectivity index (χ3n) is 2.55. The summed E-state index contributed by atoms with van der Waals surface area (Å²) in [5.74, 6) is 0. The predicted octanol–water partition coefficient (Wildman–Crippen LogP) is 3.33. The Balaban J connectivity index is 0. The van der Waals surface area contributed by atoms with Gasteiger partial charge in [0.15, 0.2) is 0 Å². The Kier molecular flexibility index (Phi) is 10.2. The van der Waals surface area contributed by atoms with E-state index in [2.05, 4.69) is 25.5 Å². The third kappa shape index (κ3) is 4.80. The molecule has 0 aliphatic carbocycles. The van der Waals surface area contributed by atoms with Gasteiger partial charge in [-0.25, -0.2) is 0 Å². The summed E-state index contributed by atoms with van der Waals surface area (Å²) >= 11 is 0. The van der Waals surface area contributed by atoms with Crippen molar-refractivity contribution in [1.82, 2.24) is 4.90 Å². The van der Waals surface area contributed by atoms with Gasteiger partial charge in [0, 0.05) is 13.2 Å². The van der Waals surface area contributed by atoms with E-state index >= 15 is 0 Å². The number of nitrogens with zero attached hydrogens (tertiary/aromatic N) is 1. The zero-order valence-electron chi connectivity index (χ0n) is 10.3. The van der Waals surface area contributed by atoms with Crippen LogP contribution in [0, 0.1) is 0 Å². The monoisotopic (exact) mass is 215 g/mol. The fourth-order valence-electron chi connectivity index (χ4n) is 1.96. The van der Waals surface area contributed by atoms with E-state index in [1.807, 2.05) is 20.8 Å². The van der Waals surface area contributed by atoms with E-state index in [9.17, 15) is 0 Å². The fourth-order valence-corrected chi connectivity index (χ4v) is 1.96. The largest absolute Gasteiger partial charge is 0.377 e. The van der Waals surface area contributed by atoms with Gasteiger partial charge in [-0.15, -0.1) is 0 Å². The summed E-state index contributed by atoms with van der Waals surface area (Å²) in [5, 5.41) is 0. The summed E-state index contributed by atoms with van der Waals surface area (Å²) in [6.45, 7) is 14.1. The Morgan fingerprint density at radius 2 is 2.07 bits per heavy atom. The summed E-state index contributed by atoms with van der Waals surface area (Å²) in [7, 11) is 2.14. The van der Waals surface area contributed by atoms with Gasteiger partial charge in [-0.3, -0.25) is 4.90 Å². The molecule has 0 radical (unpaired) electrons. The molecule has 0 aromatic carbocycles. The van der Waals surface area contributed by atoms with Crippen molar-refractivity contribution in [1.29, 1.82) is 0 Å². The van der Waals surface area contributed by atoms with Crippen molar-refractivity contribution in [3.63, 3.8) is 0 Å². The standard InChI is InChI=1S/C10H19NO.C2H6.CH4/c1-5-12-9(3)10-8(2)6-7-11(10)4;1-2;/h9-10H,2,5-7H2,1,3-4H3;1-2H3;1H4. The van der Waals surface area contributed by atoms with Crippen LogP contribution in [0.4, 0.5) is 0 Å². The number of rotatable bonds is 3. The van der Waals surface area contributed by atoms with Crippen LogP contribution in [0.15, 0.2) is 12.2 Å². The lowest BCUT2D eigenvalue weighted by Crippen LogP contribution is -2.37. The average Bonchev–Trinajstić information content (AvgIpc) is 2.50. The SMILES string of the molecule is C.C=C1CCN(C)C1C(C)OCC.CC.